The van der Waals surface area contributed by atoms with Crippen LogP contribution in [0.4, 0.5) is 5.69 Å². The Bertz CT molecular complexity index is 1010. The Balaban J connectivity index is 1.82. The molecule has 0 aliphatic rings. The second-order valence-corrected chi connectivity index (χ2v) is 7.35. The van der Waals surface area contributed by atoms with Crippen LogP contribution in [0.25, 0.3) is 5.69 Å². The fourth-order valence-corrected chi connectivity index (χ4v) is 3.22. The first-order valence-electron chi connectivity index (χ1n) is 9.26. The normalized spacial score (nSPS) is 10.9. The molecule has 1 amide bonds. The van der Waals surface area contributed by atoms with Gasteiger partial charge in [0, 0.05) is 16.9 Å². The maximum Gasteiger partial charge on any atom is 0.228 e. The minimum absolute atomic E-state index is 0.0240. The van der Waals surface area contributed by atoms with Crippen molar-refractivity contribution in [1.82, 2.24) is 9.78 Å². The Labute approximate surface area is 161 Å². The Hall–Kier alpha value is -2.88. The highest BCUT2D eigenvalue weighted by atomic mass is 16.1. The van der Waals surface area contributed by atoms with Gasteiger partial charge in [-0.3, -0.25) is 4.79 Å². The number of carbonyl (C=O) groups excluding carboxylic acids is 1. The second kappa shape index (κ2) is 7.39. The van der Waals surface area contributed by atoms with Gasteiger partial charge in [0.05, 0.1) is 17.8 Å². The van der Waals surface area contributed by atoms with Crippen molar-refractivity contribution in [2.75, 3.05) is 5.32 Å². The molecule has 0 aliphatic heterocycles. The number of nitrogens with zero attached hydrogens (tertiary/aromatic N) is 2. The van der Waals surface area contributed by atoms with Gasteiger partial charge in [-0.25, -0.2) is 4.68 Å². The number of amides is 1. The van der Waals surface area contributed by atoms with E-state index < -0.39 is 0 Å². The molecule has 2 aromatic carbocycles. The molecule has 4 nitrogen and oxygen atoms in total. The monoisotopic (exact) mass is 361 g/mol. The Morgan fingerprint density at radius 1 is 0.889 bits per heavy atom. The first-order chi connectivity index (χ1) is 12.8. The van der Waals surface area contributed by atoms with Crippen LogP contribution in [0.2, 0.25) is 0 Å². The van der Waals surface area contributed by atoms with E-state index >= 15 is 0 Å². The summed E-state index contributed by atoms with van der Waals surface area (Å²) in [6.07, 6.45) is 0.315. The van der Waals surface area contributed by atoms with E-state index in [-0.39, 0.29) is 5.91 Å². The van der Waals surface area contributed by atoms with Gasteiger partial charge in [-0.2, -0.15) is 5.10 Å². The lowest BCUT2D eigenvalue weighted by atomic mass is 10.1. The number of hydrogen-bond acceptors (Lipinski definition) is 2. The molecule has 4 heteroatoms. The molecule has 0 spiro atoms. The van der Waals surface area contributed by atoms with E-state index in [1.54, 1.807) is 0 Å². The molecular formula is C23H27N3O. The summed E-state index contributed by atoms with van der Waals surface area (Å²) in [5.41, 5.74) is 9.61. The van der Waals surface area contributed by atoms with E-state index in [9.17, 15) is 4.79 Å². The van der Waals surface area contributed by atoms with Crippen molar-refractivity contribution in [1.29, 1.82) is 0 Å². The molecule has 1 N–H and O–H groups in total. The Kier molecular flexibility index (Phi) is 5.17. The summed E-state index contributed by atoms with van der Waals surface area (Å²) in [5.74, 6) is -0.0240. The minimum atomic E-state index is -0.0240. The number of aromatic nitrogens is 2. The van der Waals surface area contributed by atoms with Gasteiger partial charge in [-0.05, 0) is 88.1 Å². The minimum Gasteiger partial charge on any atom is -0.326 e. The van der Waals surface area contributed by atoms with Crippen molar-refractivity contribution in [2.45, 2.75) is 48.0 Å². The van der Waals surface area contributed by atoms with Crippen LogP contribution in [-0.4, -0.2) is 15.7 Å². The van der Waals surface area contributed by atoms with Gasteiger partial charge in [-0.1, -0.05) is 12.1 Å². The first kappa shape index (κ1) is 18.9. The van der Waals surface area contributed by atoms with Crippen molar-refractivity contribution < 1.29 is 4.79 Å². The van der Waals surface area contributed by atoms with E-state index in [1.807, 2.05) is 43.7 Å². The molecule has 140 valence electrons. The van der Waals surface area contributed by atoms with Crippen molar-refractivity contribution in [3.8, 4) is 5.69 Å². The number of anilines is 1. The fraction of sp³-hybridized carbons (Fsp3) is 0.304. The highest BCUT2D eigenvalue weighted by Crippen LogP contribution is 2.21. The van der Waals surface area contributed by atoms with Crippen LogP contribution in [0.3, 0.4) is 0 Å². The molecule has 1 heterocycles. The molecule has 0 saturated heterocycles. The molecule has 0 saturated carbocycles. The molecule has 27 heavy (non-hydrogen) atoms. The number of rotatable bonds is 4. The van der Waals surface area contributed by atoms with Gasteiger partial charge in [0.15, 0.2) is 0 Å². The zero-order valence-electron chi connectivity index (χ0n) is 17.0. The van der Waals surface area contributed by atoms with Crippen LogP contribution < -0.4 is 5.32 Å². The van der Waals surface area contributed by atoms with Crippen LogP contribution in [0, 0.1) is 41.5 Å². The average Bonchev–Trinajstić information content (AvgIpc) is 2.89. The zero-order chi connectivity index (χ0) is 19.7. The third-order valence-electron chi connectivity index (χ3n) is 5.30. The maximum atomic E-state index is 12.6. The van der Waals surface area contributed by atoms with Crippen molar-refractivity contribution >= 4 is 11.6 Å². The van der Waals surface area contributed by atoms with Gasteiger partial charge in [0.1, 0.15) is 0 Å². The summed E-state index contributed by atoms with van der Waals surface area (Å²) in [6, 6.07) is 12.3. The predicted molar refractivity (Wildman–Crippen MR) is 111 cm³/mol. The maximum absolute atomic E-state index is 12.6. The summed E-state index contributed by atoms with van der Waals surface area (Å²) in [5, 5.41) is 7.68. The number of carbonyl (C=O) groups is 1. The molecule has 0 fully saturated rings. The topological polar surface area (TPSA) is 46.9 Å². The molecule has 3 aromatic rings. The third kappa shape index (κ3) is 3.95. The van der Waals surface area contributed by atoms with Crippen molar-refractivity contribution in [3.05, 3.63) is 75.6 Å². The Morgan fingerprint density at radius 3 is 2.15 bits per heavy atom. The molecular weight excluding hydrogens is 334 g/mol. The highest BCUT2D eigenvalue weighted by molar-refractivity contribution is 5.92. The molecule has 1 aromatic heterocycles. The lowest BCUT2D eigenvalue weighted by molar-refractivity contribution is -0.115. The van der Waals surface area contributed by atoms with Crippen LogP contribution in [0.5, 0.6) is 0 Å². The molecule has 3 rings (SSSR count). The van der Waals surface area contributed by atoms with Crippen LogP contribution in [0.15, 0.2) is 36.4 Å². The van der Waals surface area contributed by atoms with Crippen molar-refractivity contribution in [3.63, 3.8) is 0 Å². The summed E-state index contributed by atoms with van der Waals surface area (Å²) in [4.78, 5) is 12.6. The largest absolute Gasteiger partial charge is 0.326 e. The molecule has 0 radical (unpaired) electrons. The lowest BCUT2D eigenvalue weighted by Gasteiger charge is -2.09. The summed E-state index contributed by atoms with van der Waals surface area (Å²) >= 11 is 0. The van der Waals surface area contributed by atoms with Crippen LogP contribution in [0.1, 0.15) is 39.2 Å². The highest BCUT2D eigenvalue weighted by Gasteiger charge is 2.16. The van der Waals surface area contributed by atoms with Gasteiger partial charge in [0.2, 0.25) is 5.91 Å². The SMILES string of the molecule is Cc1ccc(NC(=O)Cc2c(C)nn(-c3ccc(C)c(C)c3)c2C)cc1C. The quantitative estimate of drug-likeness (QED) is 0.718. The second-order valence-electron chi connectivity index (χ2n) is 7.35. The van der Waals surface area contributed by atoms with Crippen molar-refractivity contribution in [2.24, 2.45) is 0 Å². The number of hydrogen-bond donors (Lipinski definition) is 1. The van der Waals surface area contributed by atoms with E-state index in [1.165, 1.54) is 22.3 Å². The van der Waals surface area contributed by atoms with Crippen LogP contribution in [-0.2, 0) is 11.2 Å². The molecule has 0 aliphatic carbocycles. The number of nitrogens with one attached hydrogen (secondary N) is 1. The van der Waals surface area contributed by atoms with E-state index in [4.69, 9.17) is 0 Å². The number of benzene rings is 2. The molecule has 0 unspecified atom stereocenters. The number of aryl methyl sites for hydroxylation is 5. The van der Waals surface area contributed by atoms with Gasteiger partial charge < -0.3 is 5.32 Å². The first-order valence-corrected chi connectivity index (χ1v) is 9.26. The zero-order valence-corrected chi connectivity index (χ0v) is 17.0. The van der Waals surface area contributed by atoms with E-state index in [2.05, 4.69) is 49.4 Å². The van der Waals surface area contributed by atoms with E-state index in [0.717, 1.165) is 28.3 Å². The molecule has 0 atom stereocenters. The summed E-state index contributed by atoms with van der Waals surface area (Å²) < 4.78 is 1.93. The van der Waals surface area contributed by atoms with Crippen LogP contribution >= 0.6 is 0 Å². The summed E-state index contributed by atoms with van der Waals surface area (Å²) in [6.45, 7) is 12.3. The fourth-order valence-electron chi connectivity index (χ4n) is 3.22. The smallest absolute Gasteiger partial charge is 0.228 e. The summed E-state index contributed by atoms with van der Waals surface area (Å²) in [7, 11) is 0. The average molecular weight is 361 g/mol. The van der Waals surface area contributed by atoms with E-state index in [0.29, 0.717) is 6.42 Å². The third-order valence-corrected chi connectivity index (χ3v) is 5.30. The van der Waals surface area contributed by atoms with Gasteiger partial charge in [0.25, 0.3) is 0 Å². The molecule has 0 bridgehead atoms. The predicted octanol–water partition coefficient (Wildman–Crippen LogP) is 4.90. The Morgan fingerprint density at radius 2 is 1.52 bits per heavy atom. The van der Waals surface area contributed by atoms with Gasteiger partial charge in [-0.15, -0.1) is 0 Å². The standard InChI is InChI=1S/C23H27N3O/c1-14-7-9-20(11-16(14)3)24-23(27)13-22-18(5)25-26(19(22)6)21-10-8-15(2)17(4)12-21/h7-12H,13H2,1-6H3,(H,24,27). The van der Waals surface area contributed by atoms with Gasteiger partial charge >= 0.3 is 0 Å². The lowest BCUT2D eigenvalue weighted by Crippen LogP contribution is -2.15.